The minimum absolute atomic E-state index is 0.0784. The van der Waals surface area contributed by atoms with E-state index in [2.05, 4.69) is 5.32 Å². The third-order valence-corrected chi connectivity index (χ3v) is 1.22. The average molecular weight is 209 g/mol. The van der Waals surface area contributed by atoms with Crippen molar-refractivity contribution in [1.29, 1.82) is 0 Å². The molecule has 1 amide bonds. The summed E-state index contributed by atoms with van der Waals surface area (Å²) in [6.45, 7) is 5.97. The molecule has 0 radical (unpaired) electrons. The molecule has 82 valence electrons. The molecule has 0 unspecified atom stereocenters. The molecule has 14 heavy (non-hydrogen) atoms. The highest BCUT2D eigenvalue weighted by Gasteiger charge is 2.22. The van der Waals surface area contributed by atoms with E-state index in [1.54, 1.807) is 0 Å². The van der Waals surface area contributed by atoms with Crippen molar-refractivity contribution in [1.82, 2.24) is 5.32 Å². The first-order valence-electron chi connectivity index (χ1n) is 4.14. The molecule has 0 aromatic heterocycles. The number of alkyl halides is 3. The highest BCUT2D eigenvalue weighted by Crippen LogP contribution is 2.15. The molecule has 0 spiro atoms. The Kier molecular flexibility index (Phi) is 4.16. The topological polar surface area (TPSA) is 29.1 Å². The quantitative estimate of drug-likeness (QED) is 0.694. The number of halogens is 3. The Morgan fingerprint density at radius 1 is 1.29 bits per heavy atom. The lowest BCUT2D eigenvalue weighted by Gasteiger charge is -2.17. The second-order valence-electron chi connectivity index (χ2n) is 4.15. The Hall–Kier alpha value is -1.00. The van der Waals surface area contributed by atoms with Gasteiger partial charge in [-0.2, -0.15) is 13.2 Å². The largest absolute Gasteiger partial charge is 0.409 e. The highest BCUT2D eigenvalue weighted by molar-refractivity contribution is 5.87. The molecule has 0 rings (SSSR count). The van der Waals surface area contributed by atoms with Crippen LogP contribution in [0.2, 0.25) is 0 Å². The molecule has 5 heteroatoms. The van der Waals surface area contributed by atoms with Crippen LogP contribution in [-0.4, -0.2) is 18.6 Å². The molecule has 0 saturated heterocycles. The van der Waals surface area contributed by atoms with E-state index < -0.39 is 12.1 Å². The van der Waals surface area contributed by atoms with Gasteiger partial charge in [-0.15, -0.1) is 0 Å². The number of carbonyl (C=O) groups excluding carboxylic acids is 1. The first-order chi connectivity index (χ1) is 6.10. The van der Waals surface area contributed by atoms with Gasteiger partial charge in [0.05, 0.1) is 0 Å². The lowest BCUT2D eigenvalue weighted by Crippen LogP contribution is -2.31. The number of allylic oxidation sites excluding steroid dienone is 1. The van der Waals surface area contributed by atoms with E-state index in [-0.39, 0.29) is 11.5 Å². The number of hydrogen-bond donors (Lipinski definition) is 1. The van der Waals surface area contributed by atoms with E-state index >= 15 is 0 Å². The van der Waals surface area contributed by atoms with Crippen LogP contribution in [0.1, 0.15) is 20.8 Å². The zero-order valence-electron chi connectivity index (χ0n) is 8.40. The van der Waals surface area contributed by atoms with Gasteiger partial charge in [0.25, 0.3) is 0 Å². The molecule has 2 nitrogen and oxygen atoms in total. The van der Waals surface area contributed by atoms with Crippen molar-refractivity contribution in [3.63, 3.8) is 0 Å². The number of rotatable bonds is 2. The molecule has 0 aliphatic rings. The van der Waals surface area contributed by atoms with E-state index in [1.807, 2.05) is 20.8 Å². The summed E-state index contributed by atoms with van der Waals surface area (Å²) in [7, 11) is 0. The third-order valence-electron chi connectivity index (χ3n) is 1.22. The number of amides is 1. The SMILES string of the molecule is CC(C)(C)CNC(=O)/C=C/C(F)(F)F. The fourth-order valence-electron chi connectivity index (χ4n) is 0.581. The first-order valence-corrected chi connectivity index (χ1v) is 4.14. The molecule has 0 saturated carbocycles. The van der Waals surface area contributed by atoms with Gasteiger partial charge < -0.3 is 5.32 Å². The Bertz CT molecular complexity index is 225. The van der Waals surface area contributed by atoms with Gasteiger partial charge in [-0.25, -0.2) is 0 Å². The van der Waals surface area contributed by atoms with Gasteiger partial charge in [-0.05, 0) is 5.41 Å². The van der Waals surface area contributed by atoms with Crippen molar-refractivity contribution < 1.29 is 18.0 Å². The minimum atomic E-state index is -4.43. The molecule has 0 heterocycles. The molecule has 0 bridgehead atoms. The predicted molar refractivity (Wildman–Crippen MR) is 47.7 cm³/mol. The maximum absolute atomic E-state index is 11.6. The maximum atomic E-state index is 11.6. The summed E-state index contributed by atoms with van der Waals surface area (Å²) >= 11 is 0. The fraction of sp³-hybridized carbons (Fsp3) is 0.667. The van der Waals surface area contributed by atoms with Crippen molar-refractivity contribution in [2.75, 3.05) is 6.54 Å². The van der Waals surface area contributed by atoms with Crippen molar-refractivity contribution in [3.8, 4) is 0 Å². The summed E-state index contributed by atoms with van der Waals surface area (Å²) in [4.78, 5) is 10.8. The van der Waals surface area contributed by atoms with Crippen molar-refractivity contribution in [2.45, 2.75) is 26.9 Å². The Labute approximate surface area is 81.2 Å². The molecule has 0 atom stereocenters. The first kappa shape index (κ1) is 13.0. The summed E-state index contributed by atoms with van der Waals surface area (Å²) in [6.07, 6.45) is -4.02. The van der Waals surface area contributed by atoms with Crippen LogP contribution in [0.3, 0.4) is 0 Å². The standard InChI is InChI=1S/C9H14F3NO/c1-8(2,3)6-13-7(14)4-5-9(10,11)12/h4-5H,6H2,1-3H3,(H,13,14)/b5-4+. The van der Waals surface area contributed by atoms with Crippen LogP contribution < -0.4 is 5.32 Å². The van der Waals surface area contributed by atoms with Crippen LogP contribution >= 0.6 is 0 Å². The van der Waals surface area contributed by atoms with Gasteiger partial charge in [0.1, 0.15) is 0 Å². The smallest absolute Gasteiger partial charge is 0.352 e. The van der Waals surface area contributed by atoms with Crippen molar-refractivity contribution in [2.24, 2.45) is 5.41 Å². The Morgan fingerprint density at radius 2 is 1.79 bits per heavy atom. The number of carbonyl (C=O) groups is 1. The zero-order chi connectivity index (χ0) is 11.4. The van der Waals surface area contributed by atoms with E-state index in [0.717, 1.165) is 0 Å². The molecule has 0 aromatic carbocycles. The van der Waals surface area contributed by atoms with Gasteiger partial charge in [-0.1, -0.05) is 20.8 Å². The van der Waals surface area contributed by atoms with Crippen molar-refractivity contribution in [3.05, 3.63) is 12.2 Å². The molecular weight excluding hydrogens is 195 g/mol. The van der Waals surface area contributed by atoms with Crippen LogP contribution in [0.15, 0.2) is 12.2 Å². The molecule has 0 aliphatic heterocycles. The Morgan fingerprint density at radius 3 is 2.14 bits per heavy atom. The maximum Gasteiger partial charge on any atom is 0.409 e. The Balaban J connectivity index is 3.95. The van der Waals surface area contributed by atoms with Crippen molar-refractivity contribution >= 4 is 5.91 Å². The molecule has 0 aliphatic carbocycles. The normalized spacial score (nSPS) is 13.3. The summed E-state index contributed by atoms with van der Waals surface area (Å²) < 4.78 is 34.9. The van der Waals surface area contributed by atoms with Crippen LogP contribution in [0.5, 0.6) is 0 Å². The summed E-state index contributed by atoms with van der Waals surface area (Å²) in [5, 5.41) is 2.37. The second kappa shape index (κ2) is 4.48. The lowest BCUT2D eigenvalue weighted by atomic mass is 9.97. The summed E-state index contributed by atoms with van der Waals surface area (Å²) in [5.74, 6) is -0.725. The number of hydrogen-bond acceptors (Lipinski definition) is 1. The molecular formula is C9H14F3NO. The van der Waals surface area contributed by atoms with E-state index in [4.69, 9.17) is 0 Å². The van der Waals surface area contributed by atoms with Crippen LogP contribution in [0, 0.1) is 5.41 Å². The molecule has 0 aromatic rings. The molecule has 1 N–H and O–H groups in total. The highest BCUT2D eigenvalue weighted by atomic mass is 19.4. The zero-order valence-corrected chi connectivity index (χ0v) is 8.40. The molecule has 0 fully saturated rings. The fourth-order valence-corrected chi connectivity index (χ4v) is 0.581. The van der Waals surface area contributed by atoms with Gasteiger partial charge in [-0.3, -0.25) is 4.79 Å². The van der Waals surface area contributed by atoms with Gasteiger partial charge in [0, 0.05) is 18.7 Å². The second-order valence-corrected chi connectivity index (χ2v) is 4.15. The van der Waals surface area contributed by atoms with Gasteiger partial charge in [0.2, 0.25) is 5.91 Å². The third kappa shape index (κ3) is 9.09. The average Bonchev–Trinajstić information content (AvgIpc) is 1.94. The van der Waals surface area contributed by atoms with Gasteiger partial charge >= 0.3 is 6.18 Å². The van der Waals surface area contributed by atoms with E-state index in [1.165, 1.54) is 0 Å². The predicted octanol–water partition coefficient (Wildman–Crippen LogP) is 2.27. The van der Waals surface area contributed by atoms with Crippen LogP contribution in [0.4, 0.5) is 13.2 Å². The minimum Gasteiger partial charge on any atom is -0.352 e. The van der Waals surface area contributed by atoms with Gasteiger partial charge in [0.15, 0.2) is 0 Å². The summed E-state index contributed by atoms with van der Waals surface area (Å²) in [5.41, 5.74) is -0.137. The van der Waals surface area contributed by atoms with E-state index in [9.17, 15) is 18.0 Å². The van der Waals surface area contributed by atoms with Crippen LogP contribution in [0.25, 0.3) is 0 Å². The summed E-state index contributed by atoms with van der Waals surface area (Å²) in [6, 6.07) is 0. The lowest BCUT2D eigenvalue weighted by molar-refractivity contribution is -0.117. The number of nitrogens with one attached hydrogen (secondary N) is 1. The van der Waals surface area contributed by atoms with Crippen LogP contribution in [-0.2, 0) is 4.79 Å². The van der Waals surface area contributed by atoms with E-state index in [0.29, 0.717) is 12.6 Å². The monoisotopic (exact) mass is 209 g/mol.